The van der Waals surface area contributed by atoms with E-state index in [0.29, 0.717) is 0 Å². The fraction of sp³-hybridized carbons (Fsp3) is 0.316. The molecule has 2 N–H and O–H groups in total. The largest absolute Gasteiger partial charge is 0.376 e. The monoisotopic (exact) mass is 296 g/mol. The van der Waals surface area contributed by atoms with Crippen LogP contribution < -0.4 is 10.6 Å². The van der Waals surface area contributed by atoms with E-state index in [2.05, 4.69) is 42.7 Å². The lowest BCUT2D eigenvalue weighted by molar-refractivity contribution is -0.114. The van der Waals surface area contributed by atoms with Gasteiger partial charge in [0.25, 0.3) is 0 Å². The van der Waals surface area contributed by atoms with Gasteiger partial charge in [-0.2, -0.15) is 0 Å². The van der Waals surface area contributed by atoms with Crippen molar-refractivity contribution in [2.75, 3.05) is 17.2 Å². The van der Waals surface area contributed by atoms with Crippen LogP contribution in [0, 0.1) is 6.92 Å². The molecule has 0 aliphatic heterocycles. The maximum Gasteiger partial charge on any atom is 0.243 e. The summed E-state index contributed by atoms with van der Waals surface area (Å²) < 4.78 is 0. The molecule has 2 rings (SSSR count). The Morgan fingerprint density at radius 1 is 0.955 bits per heavy atom. The summed E-state index contributed by atoms with van der Waals surface area (Å²) in [5.74, 6) is -0.0174. The Hall–Kier alpha value is -2.29. The van der Waals surface area contributed by atoms with Crippen molar-refractivity contribution in [1.82, 2.24) is 0 Å². The van der Waals surface area contributed by atoms with E-state index in [1.807, 2.05) is 31.2 Å². The number of amides is 1. The zero-order valence-corrected chi connectivity index (χ0v) is 13.6. The van der Waals surface area contributed by atoms with Gasteiger partial charge < -0.3 is 10.6 Å². The van der Waals surface area contributed by atoms with Crippen molar-refractivity contribution < 1.29 is 4.79 Å². The highest BCUT2D eigenvalue weighted by molar-refractivity contribution is 5.95. The molecule has 0 aliphatic rings. The van der Waals surface area contributed by atoms with Gasteiger partial charge in [0.2, 0.25) is 5.91 Å². The Balaban J connectivity index is 2.01. The van der Waals surface area contributed by atoms with Crippen LogP contribution in [-0.2, 0) is 17.6 Å². The summed E-state index contributed by atoms with van der Waals surface area (Å²) in [5, 5.41) is 6.22. The molecule has 1 amide bonds. The van der Waals surface area contributed by atoms with Crippen molar-refractivity contribution in [2.45, 2.75) is 33.6 Å². The molecule has 2 aromatic carbocycles. The third kappa shape index (κ3) is 4.10. The van der Waals surface area contributed by atoms with Crippen molar-refractivity contribution in [1.29, 1.82) is 0 Å². The van der Waals surface area contributed by atoms with E-state index in [1.54, 1.807) is 0 Å². The standard InChI is InChI=1S/C19H24N2O/c1-4-15-7-6-8-16(5-2)19(15)21-18(22)13-20-17-11-9-14(3)10-12-17/h6-12,20H,4-5,13H2,1-3H3,(H,21,22). The molecule has 0 fully saturated rings. The molecule has 0 aromatic heterocycles. The Labute approximate surface area is 132 Å². The van der Waals surface area contributed by atoms with Crippen LogP contribution in [0.25, 0.3) is 0 Å². The summed E-state index contributed by atoms with van der Waals surface area (Å²) in [5.41, 5.74) is 5.51. The Kier molecular flexibility index (Phi) is 5.59. The highest BCUT2D eigenvalue weighted by atomic mass is 16.1. The minimum atomic E-state index is -0.0174. The van der Waals surface area contributed by atoms with Crippen LogP contribution >= 0.6 is 0 Å². The van der Waals surface area contributed by atoms with Gasteiger partial charge >= 0.3 is 0 Å². The fourth-order valence-corrected chi connectivity index (χ4v) is 2.44. The first-order valence-electron chi connectivity index (χ1n) is 7.85. The molecule has 0 saturated carbocycles. The number of aryl methyl sites for hydroxylation is 3. The molecule has 0 bridgehead atoms. The van der Waals surface area contributed by atoms with Crippen LogP contribution in [0.4, 0.5) is 11.4 Å². The number of rotatable bonds is 6. The van der Waals surface area contributed by atoms with Crippen molar-refractivity contribution in [2.24, 2.45) is 0 Å². The Morgan fingerprint density at radius 2 is 1.55 bits per heavy atom. The van der Waals surface area contributed by atoms with E-state index in [-0.39, 0.29) is 12.5 Å². The van der Waals surface area contributed by atoms with Gasteiger partial charge in [0.05, 0.1) is 6.54 Å². The van der Waals surface area contributed by atoms with E-state index in [9.17, 15) is 4.79 Å². The van der Waals surface area contributed by atoms with E-state index >= 15 is 0 Å². The highest BCUT2D eigenvalue weighted by Crippen LogP contribution is 2.22. The Bertz CT molecular complexity index is 610. The van der Waals surface area contributed by atoms with Crippen LogP contribution in [0.2, 0.25) is 0 Å². The fourth-order valence-electron chi connectivity index (χ4n) is 2.44. The van der Waals surface area contributed by atoms with Gasteiger partial charge in [-0.1, -0.05) is 49.7 Å². The molecule has 22 heavy (non-hydrogen) atoms. The molecule has 0 aliphatic carbocycles. The molecule has 3 heteroatoms. The third-order valence-electron chi connectivity index (χ3n) is 3.77. The second kappa shape index (κ2) is 7.64. The van der Waals surface area contributed by atoms with Gasteiger partial charge in [-0.15, -0.1) is 0 Å². The number of anilines is 2. The van der Waals surface area contributed by atoms with Crippen molar-refractivity contribution in [3.63, 3.8) is 0 Å². The average Bonchev–Trinajstić information content (AvgIpc) is 2.54. The molecule has 0 spiro atoms. The molecule has 0 heterocycles. The lowest BCUT2D eigenvalue weighted by atomic mass is 10.0. The molecule has 3 nitrogen and oxygen atoms in total. The number of carbonyl (C=O) groups is 1. The van der Waals surface area contributed by atoms with Crippen LogP contribution in [0.5, 0.6) is 0 Å². The average molecular weight is 296 g/mol. The van der Waals surface area contributed by atoms with E-state index in [1.165, 1.54) is 16.7 Å². The first kappa shape index (κ1) is 16.1. The number of hydrogen-bond donors (Lipinski definition) is 2. The third-order valence-corrected chi connectivity index (χ3v) is 3.77. The molecule has 0 radical (unpaired) electrons. The zero-order valence-electron chi connectivity index (χ0n) is 13.6. The van der Waals surface area contributed by atoms with Crippen LogP contribution in [-0.4, -0.2) is 12.5 Å². The number of benzene rings is 2. The van der Waals surface area contributed by atoms with Crippen molar-refractivity contribution in [3.8, 4) is 0 Å². The van der Waals surface area contributed by atoms with Gasteiger partial charge in [0, 0.05) is 11.4 Å². The first-order chi connectivity index (χ1) is 10.6. The predicted molar refractivity (Wildman–Crippen MR) is 93.5 cm³/mol. The summed E-state index contributed by atoms with van der Waals surface area (Å²) in [6.45, 7) is 6.53. The first-order valence-corrected chi connectivity index (χ1v) is 7.85. The van der Waals surface area contributed by atoms with Gasteiger partial charge in [-0.3, -0.25) is 4.79 Å². The highest BCUT2D eigenvalue weighted by Gasteiger charge is 2.09. The van der Waals surface area contributed by atoms with E-state index in [4.69, 9.17) is 0 Å². The summed E-state index contributed by atoms with van der Waals surface area (Å²) in [6.07, 6.45) is 1.82. The van der Waals surface area contributed by atoms with Gasteiger partial charge in [-0.25, -0.2) is 0 Å². The van der Waals surface area contributed by atoms with Gasteiger partial charge in [0.1, 0.15) is 0 Å². The van der Waals surface area contributed by atoms with Gasteiger partial charge in [-0.05, 0) is 43.0 Å². The summed E-state index contributed by atoms with van der Waals surface area (Å²) in [4.78, 5) is 12.2. The number of para-hydroxylation sites is 1. The van der Waals surface area contributed by atoms with Crippen LogP contribution in [0.3, 0.4) is 0 Å². The van der Waals surface area contributed by atoms with Crippen molar-refractivity contribution >= 4 is 17.3 Å². The minimum Gasteiger partial charge on any atom is -0.376 e. The second-order valence-corrected chi connectivity index (χ2v) is 5.43. The lowest BCUT2D eigenvalue weighted by Gasteiger charge is -2.15. The maximum atomic E-state index is 12.2. The smallest absolute Gasteiger partial charge is 0.243 e. The van der Waals surface area contributed by atoms with E-state index < -0.39 is 0 Å². The van der Waals surface area contributed by atoms with Crippen LogP contribution in [0.15, 0.2) is 42.5 Å². The molecule has 116 valence electrons. The Morgan fingerprint density at radius 3 is 2.09 bits per heavy atom. The summed E-state index contributed by atoms with van der Waals surface area (Å²) in [6, 6.07) is 14.2. The molecular formula is C19H24N2O. The van der Waals surface area contributed by atoms with Crippen LogP contribution in [0.1, 0.15) is 30.5 Å². The van der Waals surface area contributed by atoms with Crippen molar-refractivity contribution in [3.05, 3.63) is 59.2 Å². The predicted octanol–water partition coefficient (Wildman–Crippen LogP) is 4.17. The topological polar surface area (TPSA) is 41.1 Å². The molecule has 0 unspecified atom stereocenters. The normalized spacial score (nSPS) is 10.3. The maximum absolute atomic E-state index is 12.2. The molecule has 2 aromatic rings. The lowest BCUT2D eigenvalue weighted by Crippen LogP contribution is -2.23. The molecule has 0 saturated heterocycles. The summed E-state index contributed by atoms with van der Waals surface area (Å²) in [7, 11) is 0. The SMILES string of the molecule is CCc1cccc(CC)c1NC(=O)CNc1ccc(C)cc1. The second-order valence-electron chi connectivity index (χ2n) is 5.43. The molecule has 0 atom stereocenters. The number of carbonyl (C=O) groups excluding carboxylic acids is 1. The number of nitrogens with one attached hydrogen (secondary N) is 2. The van der Waals surface area contributed by atoms with E-state index in [0.717, 1.165) is 24.2 Å². The minimum absolute atomic E-state index is 0.0174. The number of hydrogen-bond acceptors (Lipinski definition) is 2. The zero-order chi connectivity index (χ0) is 15.9. The van der Waals surface area contributed by atoms with Gasteiger partial charge in [0.15, 0.2) is 0 Å². The quantitative estimate of drug-likeness (QED) is 0.840. The molecular weight excluding hydrogens is 272 g/mol. The summed E-state index contributed by atoms with van der Waals surface area (Å²) >= 11 is 0.